The van der Waals surface area contributed by atoms with E-state index in [0.717, 1.165) is 29.3 Å². The summed E-state index contributed by atoms with van der Waals surface area (Å²) in [5.74, 6) is 0.198. The third-order valence-electron chi connectivity index (χ3n) is 4.91. The Morgan fingerprint density at radius 3 is 2.32 bits per heavy atom. The molecular formula is C16H23N3O4S2. The Kier molecular flexibility index (Phi) is 4.59. The number of benzene rings is 1. The summed E-state index contributed by atoms with van der Waals surface area (Å²) < 4.78 is 50.0. The molecule has 2 aromatic rings. The number of nitrogens with one attached hydrogen (secondary N) is 1. The minimum absolute atomic E-state index is 0.198. The number of nitrogens with zero attached hydrogens (tertiary/aromatic N) is 2. The monoisotopic (exact) mass is 385 g/mol. The van der Waals surface area contributed by atoms with Crippen molar-refractivity contribution in [1.82, 2.24) is 9.29 Å². The first-order valence-corrected chi connectivity index (χ1v) is 11.8. The van der Waals surface area contributed by atoms with Crippen molar-refractivity contribution in [1.29, 1.82) is 0 Å². The van der Waals surface area contributed by atoms with E-state index in [1.165, 1.54) is 28.2 Å². The molecule has 0 amide bonds. The van der Waals surface area contributed by atoms with Crippen LogP contribution in [0.5, 0.6) is 0 Å². The molecule has 2 heterocycles. The molecule has 9 heteroatoms. The standard InChI is InChI=1S/C16H23N3O4S2/c1-18(24(2,20)21)13-10-15(14-4-7-17-16(14)11-13)12-5-8-19(9-6-12)25(3,22)23/h4,7,10-12,17H,5-6,8-9H2,1-3H3. The molecule has 138 valence electrons. The van der Waals surface area contributed by atoms with E-state index in [0.29, 0.717) is 18.8 Å². The van der Waals surface area contributed by atoms with Gasteiger partial charge in [0.15, 0.2) is 0 Å². The van der Waals surface area contributed by atoms with E-state index in [4.69, 9.17) is 0 Å². The molecule has 25 heavy (non-hydrogen) atoms. The predicted octanol–water partition coefficient (Wildman–Crippen LogP) is 1.70. The molecule has 7 nitrogen and oxygen atoms in total. The Morgan fingerprint density at radius 2 is 1.76 bits per heavy atom. The van der Waals surface area contributed by atoms with Crippen molar-refractivity contribution >= 4 is 36.6 Å². The maximum atomic E-state index is 11.9. The van der Waals surface area contributed by atoms with Crippen LogP contribution in [0.1, 0.15) is 24.3 Å². The largest absolute Gasteiger partial charge is 0.361 e. The maximum absolute atomic E-state index is 11.9. The van der Waals surface area contributed by atoms with Crippen LogP contribution in [0.4, 0.5) is 5.69 Å². The Labute approximate surface area is 148 Å². The van der Waals surface area contributed by atoms with Crippen molar-refractivity contribution in [2.24, 2.45) is 0 Å². The SMILES string of the molecule is CN(c1cc(C2CCN(S(C)(=O)=O)CC2)c2cc[nH]c2c1)S(C)(=O)=O. The number of rotatable bonds is 4. The lowest BCUT2D eigenvalue weighted by atomic mass is 9.88. The van der Waals surface area contributed by atoms with E-state index >= 15 is 0 Å². The van der Waals surface area contributed by atoms with Gasteiger partial charge in [0.05, 0.1) is 18.2 Å². The van der Waals surface area contributed by atoms with Gasteiger partial charge in [-0.25, -0.2) is 21.1 Å². The Bertz CT molecular complexity index is 988. The summed E-state index contributed by atoms with van der Waals surface area (Å²) in [6, 6.07) is 5.72. The van der Waals surface area contributed by atoms with Crippen molar-refractivity contribution in [3.63, 3.8) is 0 Å². The third-order valence-corrected chi connectivity index (χ3v) is 7.42. The quantitative estimate of drug-likeness (QED) is 0.867. The van der Waals surface area contributed by atoms with Crippen LogP contribution in [0, 0.1) is 0 Å². The molecule has 0 unspecified atom stereocenters. The number of aromatic nitrogens is 1. The zero-order valence-electron chi connectivity index (χ0n) is 14.6. The number of hydrogen-bond donors (Lipinski definition) is 1. The van der Waals surface area contributed by atoms with Crippen LogP contribution in [-0.2, 0) is 20.0 Å². The van der Waals surface area contributed by atoms with Crippen LogP contribution >= 0.6 is 0 Å². The number of sulfonamides is 2. The van der Waals surface area contributed by atoms with Crippen molar-refractivity contribution in [2.45, 2.75) is 18.8 Å². The summed E-state index contributed by atoms with van der Waals surface area (Å²) in [5.41, 5.74) is 2.56. The highest BCUT2D eigenvalue weighted by Gasteiger charge is 2.27. The average molecular weight is 386 g/mol. The van der Waals surface area contributed by atoms with Crippen molar-refractivity contribution in [2.75, 3.05) is 37.0 Å². The van der Waals surface area contributed by atoms with Crippen molar-refractivity contribution < 1.29 is 16.8 Å². The van der Waals surface area contributed by atoms with Gasteiger partial charge in [0.1, 0.15) is 0 Å². The zero-order valence-corrected chi connectivity index (χ0v) is 16.2. The van der Waals surface area contributed by atoms with Gasteiger partial charge in [0, 0.05) is 37.2 Å². The van der Waals surface area contributed by atoms with E-state index in [2.05, 4.69) is 4.98 Å². The van der Waals surface area contributed by atoms with Crippen LogP contribution < -0.4 is 4.31 Å². The first-order valence-electron chi connectivity index (χ1n) is 8.07. The van der Waals surface area contributed by atoms with Gasteiger partial charge in [-0.3, -0.25) is 4.31 Å². The van der Waals surface area contributed by atoms with E-state index in [9.17, 15) is 16.8 Å². The lowest BCUT2D eigenvalue weighted by Crippen LogP contribution is -2.37. The molecular weight excluding hydrogens is 362 g/mol. The zero-order chi connectivity index (χ0) is 18.4. The molecule has 0 spiro atoms. The van der Waals surface area contributed by atoms with Gasteiger partial charge < -0.3 is 4.98 Å². The summed E-state index contributed by atoms with van der Waals surface area (Å²) in [6.45, 7) is 0.975. The Balaban J connectivity index is 1.98. The number of hydrogen-bond acceptors (Lipinski definition) is 4. The van der Waals surface area contributed by atoms with E-state index in [1.54, 1.807) is 0 Å². The topological polar surface area (TPSA) is 90.6 Å². The molecule has 1 saturated heterocycles. The Hall–Kier alpha value is -1.58. The second kappa shape index (κ2) is 6.30. The lowest BCUT2D eigenvalue weighted by Gasteiger charge is -2.31. The minimum Gasteiger partial charge on any atom is -0.361 e. The fourth-order valence-electron chi connectivity index (χ4n) is 3.39. The minimum atomic E-state index is -3.35. The summed E-state index contributed by atoms with van der Waals surface area (Å²) in [4.78, 5) is 3.15. The first kappa shape index (κ1) is 18.2. The summed E-state index contributed by atoms with van der Waals surface area (Å²) >= 11 is 0. The molecule has 0 radical (unpaired) electrons. The van der Waals surface area contributed by atoms with E-state index in [-0.39, 0.29) is 5.92 Å². The van der Waals surface area contributed by atoms with Gasteiger partial charge in [0.2, 0.25) is 20.0 Å². The molecule has 1 aliphatic heterocycles. The van der Waals surface area contributed by atoms with Gasteiger partial charge in [-0.05, 0) is 42.5 Å². The number of aromatic amines is 1. The van der Waals surface area contributed by atoms with Crippen LogP contribution in [-0.4, -0.2) is 58.8 Å². The van der Waals surface area contributed by atoms with Gasteiger partial charge in [0.25, 0.3) is 0 Å². The summed E-state index contributed by atoms with van der Waals surface area (Å²) in [5, 5.41) is 1.06. The molecule has 1 aliphatic rings. The molecule has 1 aromatic carbocycles. The number of fused-ring (bicyclic) bond motifs is 1. The van der Waals surface area contributed by atoms with Crippen LogP contribution in [0.3, 0.4) is 0 Å². The molecule has 3 rings (SSSR count). The number of anilines is 1. The van der Waals surface area contributed by atoms with Crippen molar-refractivity contribution in [3.8, 4) is 0 Å². The van der Waals surface area contributed by atoms with Gasteiger partial charge in [-0.15, -0.1) is 0 Å². The Morgan fingerprint density at radius 1 is 1.12 bits per heavy atom. The highest BCUT2D eigenvalue weighted by molar-refractivity contribution is 7.92. The highest BCUT2D eigenvalue weighted by atomic mass is 32.2. The normalized spacial score (nSPS) is 17.9. The van der Waals surface area contributed by atoms with Crippen LogP contribution in [0.25, 0.3) is 10.9 Å². The maximum Gasteiger partial charge on any atom is 0.231 e. The number of H-pyrrole nitrogens is 1. The smallest absolute Gasteiger partial charge is 0.231 e. The van der Waals surface area contributed by atoms with Gasteiger partial charge >= 0.3 is 0 Å². The second-order valence-electron chi connectivity index (χ2n) is 6.64. The summed E-state index contributed by atoms with van der Waals surface area (Å²) in [6.07, 6.45) is 5.69. The second-order valence-corrected chi connectivity index (χ2v) is 10.6. The fourth-order valence-corrected chi connectivity index (χ4v) is 4.75. The van der Waals surface area contributed by atoms with Gasteiger partial charge in [-0.1, -0.05) is 0 Å². The fraction of sp³-hybridized carbons (Fsp3) is 0.500. The third kappa shape index (κ3) is 3.68. The molecule has 1 aromatic heterocycles. The molecule has 0 saturated carbocycles. The molecule has 1 N–H and O–H groups in total. The van der Waals surface area contributed by atoms with Crippen LogP contribution in [0.15, 0.2) is 24.4 Å². The van der Waals surface area contributed by atoms with E-state index < -0.39 is 20.0 Å². The molecule has 1 fully saturated rings. The predicted molar refractivity (Wildman–Crippen MR) is 99.9 cm³/mol. The average Bonchev–Trinajstić information content (AvgIpc) is 3.00. The first-order chi connectivity index (χ1) is 11.6. The molecule has 0 atom stereocenters. The summed E-state index contributed by atoms with van der Waals surface area (Å²) in [7, 11) is -4.98. The molecule has 0 bridgehead atoms. The lowest BCUT2D eigenvalue weighted by molar-refractivity contribution is 0.322. The van der Waals surface area contributed by atoms with Gasteiger partial charge in [-0.2, -0.15) is 0 Å². The number of piperidine rings is 1. The van der Waals surface area contributed by atoms with Crippen LogP contribution in [0.2, 0.25) is 0 Å². The van der Waals surface area contributed by atoms with Crippen molar-refractivity contribution in [3.05, 3.63) is 30.0 Å². The van der Waals surface area contributed by atoms with E-state index in [1.807, 2.05) is 24.4 Å². The molecule has 0 aliphatic carbocycles. The highest BCUT2D eigenvalue weighted by Crippen LogP contribution is 2.36.